The van der Waals surface area contributed by atoms with Crippen molar-refractivity contribution in [3.63, 3.8) is 0 Å². The van der Waals surface area contributed by atoms with Gasteiger partial charge in [0.05, 0.1) is 13.7 Å². The third-order valence-corrected chi connectivity index (χ3v) is 3.02. The highest BCUT2D eigenvalue weighted by atomic mass is 16.5. The predicted octanol–water partition coefficient (Wildman–Crippen LogP) is 3.52. The Bertz CT molecular complexity index is 666. The second kappa shape index (κ2) is 7.84. The average Bonchev–Trinajstić information content (AvgIpc) is 2.57. The molecule has 0 heterocycles. The number of rotatable bonds is 5. The molecule has 0 aliphatic carbocycles. The van der Waals surface area contributed by atoms with Crippen LogP contribution in [0.25, 0.3) is 0 Å². The number of amides is 2. The molecule has 0 radical (unpaired) electrons. The number of anilines is 2. The van der Waals surface area contributed by atoms with E-state index in [0.29, 0.717) is 29.3 Å². The lowest BCUT2D eigenvalue weighted by molar-refractivity contribution is 0.102. The minimum atomic E-state index is -0.512. The van der Waals surface area contributed by atoms with Crippen molar-refractivity contribution in [2.75, 3.05) is 24.4 Å². The first kappa shape index (κ1) is 16.4. The van der Waals surface area contributed by atoms with Crippen molar-refractivity contribution < 1.29 is 19.1 Å². The van der Waals surface area contributed by atoms with Crippen molar-refractivity contribution in [3.05, 3.63) is 54.1 Å². The molecule has 0 unspecified atom stereocenters. The van der Waals surface area contributed by atoms with Gasteiger partial charge in [-0.15, -0.1) is 0 Å². The number of benzene rings is 2. The monoisotopic (exact) mass is 314 g/mol. The molecule has 0 spiro atoms. The molecule has 23 heavy (non-hydrogen) atoms. The Balaban J connectivity index is 1.96. The zero-order chi connectivity index (χ0) is 16.7. The van der Waals surface area contributed by atoms with Gasteiger partial charge in [0, 0.05) is 16.9 Å². The van der Waals surface area contributed by atoms with Crippen LogP contribution in [0.4, 0.5) is 16.2 Å². The summed E-state index contributed by atoms with van der Waals surface area (Å²) in [7, 11) is 1.57. The van der Waals surface area contributed by atoms with Gasteiger partial charge in [-0.25, -0.2) is 4.79 Å². The van der Waals surface area contributed by atoms with Crippen molar-refractivity contribution in [2.24, 2.45) is 0 Å². The molecule has 2 aromatic rings. The Morgan fingerprint density at radius 2 is 1.48 bits per heavy atom. The molecule has 2 N–H and O–H groups in total. The molecule has 0 aliphatic heterocycles. The second-order valence-electron chi connectivity index (χ2n) is 4.61. The summed E-state index contributed by atoms with van der Waals surface area (Å²) >= 11 is 0. The minimum Gasteiger partial charge on any atom is -0.497 e. The van der Waals surface area contributed by atoms with Crippen LogP contribution in [-0.4, -0.2) is 25.7 Å². The normalized spacial score (nSPS) is 9.83. The van der Waals surface area contributed by atoms with E-state index in [1.54, 1.807) is 62.6 Å². The predicted molar refractivity (Wildman–Crippen MR) is 88.0 cm³/mol. The van der Waals surface area contributed by atoms with Gasteiger partial charge in [0.15, 0.2) is 0 Å². The highest BCUT2D eigenvalue weighted by molar-refractivity contribution is 6.04. The summed E-state index contributed by atoms with van der Waals surface area (Å²) in [6.45, 7) is 2.04. The van der Waals surface area contributed by atoms with Crippen LogP contribution < -0.4 is 15.4 Å². The molecular weight excluding hydrogens is 296 g/mol. The van der Waals surface area contributed by atoms with Gasteiger partial charge in [-0.1, -0.05) is 0 Å². The van der Waals surface area contributed by atoms with Crippen LogP contribution in [0, 0.1) is 0 Å². The highest BCUT2D eigenvalue weighted by Gasteiger charge is 2.07. The summed E-state index contributed by atoms with van der Waals surface area (Å²) in [5, 5.41) is 5.36. The molecule has 0 aliphatic rings. The number of ether oxygens (including phenoxy) is 2. The lowest BCUT2D eigenvalue weighted by Crippen LogP contribution is -2.14. The number of methoxy groups -OCH3 is 1. The van der Waals surface area contributed by atoms with Gasteiger partial charge < -0.3 is 14.8 Å². The Morgan fingerprint density at radius 1 is 0.913 bits per heavy atom. The first-order chi connectivity index (χ1) is 11.1. The van der Waals surface area contributed by atoms with Crippen LogP contribution in [0.15, 0.2) is 48.5 Å². The van der Waals surface area contributed by atoms with Gasteiger partial charge in [-0.2, -0.15) is 0 Å². The largest absolute Gasteiger partial charge is 0.497 e. The fourth-order valence-corrected chi connectivity index (χ4v) is 1.87. The van der Waals surface area contributed by atoms with Gasteiger partial charge in [0.25, 0.3) is 5.91 Å². The lowest BCUT2D eigenvalue weighted by atomic mass is 10.2. The first-order valence-corrected chi connectivity index (χ1v) is 7.11. The first-order valence-electron chi connectivity index (χ1n) is 7.11. The van der Waals surface area contributed by atoms with Crippen LogP contribution in [0.5, 0.6) is 5.75 Å². The second-order valence-corrected chi connectivity index (χ2v) is 4.61. The number of hydrogen-bond donors (Lipinski definition) is 2. The van der Waals surface area contributed by atoms with Crippen molar-refractivity contribution in [1.82, 2.24) is 0 Å². The topological polar surface area (TPSA) is 76.7 Å². The molecular formula is C17H18N2O4. The van der Waals surface area contributed by atoms with Crippen molar-refractivity contribution >= 4 is 23.4 Å². The Morgan fingerprint density at radius 3 is 2.00 bits per heavy atom. The smallest absolute Gasteiger partial charge is 0.411 e. The fourth-order valence-electron chi connectivity index (χ4n) is 1.87. The molecule has 2 amide bonds. The quantitative estimate of drug-likeness (QED) is 0.885. The Kier molecular flexibility index (Phi) is 5.57. The van der Waals surface area contributed by atoms with Gasteiger partial charge in [0.2, 0.25) is 0 Å². The van der Waals surface area contributed by atoms with E-state index in [-0.39, 0.29) is 5.91 Å². The van der Waals surface area contributed by atoms with E-state index in [9.17, 15) is 9.59 Å². The van der Waals surface area contributed by atoms with Gasteiger partial charge in [0.1, 0.15) is 5.75 Å². The SMILES string of the molecule is CCOC(=O)Nc1ccc(NC(=O)c2ccc(OC)cc2)cc1. The molecule has 120 valence electrons. The van der Waals surface area contributed by atoms with E-state index >= 15 is 0 Å². The number of carbonyl (C=O) groups is 2. The van der Waals surface area contributed by atoms with Crippen molar-refractivity contribution in [1.29, 1.82) is 0 Å². The third kappa shape index (κ3) is 4.74. The van der Waals surface area contributed by atoms with Gasteiger partial charge >= 0.3 is 6.09 Å². The van der Waals surface area contributed by atoms with E-state index in [1.165, 1.54) is 0 Å². The number of nitrogens with one attached hydrogen (secondary N) is 2. The van der Waals surface area contributed by atoms with Crippen LogP contribution in [0.1, 0.15) is 17.3 Å². The summed E-state index contributed by atoms with van der Waals surface area (Å²) in [6.07, 6.45) is -0.512. The third-order valence-electron chi connectivity index (χ3n) is 3.02. The zero-order valence-electron chi connectivity index (χ0n) is 13.0. The van der Waals surface area contributed by atoms with E-state index in [2.05, 4.69) is 10.6 Å². The Hall–Kier alpha value is -3.02. The van der Waals surface area contributed by atoms with Crippen LogP contribution >= 0.6 is 0 Å². The van der Waals surface area contributed by atoms with Crippen LogP contribution in [-0.2, 0) is 4.74 Å². The molecule has 0 atom stereocenters. The molecule has 2 rings (SSSR count). The molecule has 6 nitrogen and oxygen atoms in total. The van der Waals surface area contributed by atoms with E-state index in [4.69, 9.17) is 9.47 Å². The fraction of sp³-hybridized carbons (Fsp3) is 0.176. The molecule has 0 fully saturated rings. The van der Waals surface area contributed by atoms with E-state index in [1.807, 2.05) is 0 Å². The summed E-state index contributed by atoms with van der Waals surface area (Å²) in [6, 6.07) is 13.6. The molecule has 0 bridgehead atoms. The van der Waals surface area contributed by atoms with Gasteiger partial charge in [-0.3, -0.25) is 10.1 Å². The maximum absolute atomic E-state index is 12.1. The highest BCUT2D eigenvalue weighted by Crippen LogP contribution is 2.16. The van der Waals surface area contributed by atoms with Gasteiger partial charge in [-0.05, 0) is 55.5 Å². The maximum Gasteiger partial charge on any atom is 0.411 e. The summed E-state index contributed by atoms with van der Waals surface area (Å²) in [5.41, 5.74) is 1.74. The zero-order valence-corrected chi connectivity index (χ0v) is 13.0. The maximum atomic E-state index is 12.1. The van der Waals surface area contributed by atoms with Crippen LogP contribution in [0.2, 0.25) is 0 Å². The summed E-state index contributed by atoms with van der Waals surface area (Å²) in [5.74, 6) is 0.467. The lowest BCUT2D eigenvalue weighted by Gasteiger charge is -2.08. The molecule has 0 saturated heterocycles. The molecule has 0 saturated carbocycles. The molecule has 0 aromatic heterocycles. The standard InChI is InChI=1S/C17H18N2O4/c1-3-23-17(21)19-14-8-6-13(7-9-14)18-16(20)12-4-10-15(22-2)11-5-12/h4-11H,3H2,1-2H3,(H,18,20)(H,19,21). The molecule has 2 aromatic carbocycles. The Labute approximate surface area is 134 Å². The van der Waals surface area contributed by atoms with Crippen molar-refractivity contribution in [2.45, 2.75) is 6.92 Å². The van der Waals surface area contributed by atoms with Crippen molar-refractivity contribution in [3.8, 4) is 5.75 Å². The minimum absolute atomic E-state index is 0.223. The summed E-state index contributed by atoms with van der Waals surface area (Å²) < 4.78 is 9.84. The van der Waals surface area contributed by atoms with Crippen LogP contribution in [0.3, 0.4) is 0 Å². The summed E-state index contributed by atoms with van der Waals surface area (Å²) in [4.78, 5) is 23.4. The average molecular weight is 314 g/mol. The number of carbonyl (C=O) groups excluding carboxylic acids is 2. The van der Waals surface area contributed by atoms with E-state index < -0.39 is 6.09 Å². The molecule has 6 heteroatoms. The number of hydrogen-bond acceptors (Lipinski definition) is 4. The van der Waals surface area contributed by atoms with E-state index in [0.717, 1.165) is 0 Å².